The Balaban J connectivity index is 1.33. The number of rotatable bonds is 8. The van der Waals surface area contributed by atoms with Gasteiger partial charge >= 0.3 is 5.97 Å². The van der Waals surface area contributed by atoms with Crippen molar-refractivity contribution in [1.29, 1.82) is 0 Å². The highest BCUT2D eigenvalue weighted by Crippen LogP contribution is 2.32. The largest absolute Gasteiger partial charge is 0.459 e. The number of hydrogen-bond donors (Lipinski definition) is 2. The van der Waals surface area contributed by atoms with E-state index in [1.165, 1.54) is 18.2 Å². The normalized spacial score (nSPS) is 17.1. The third-order valence-electron chi connectivity index (χ3n) is 5.44. The molecular formula is C24H21N3O8. The van der Waals surface area contributed by atoms with Gasteiger partial charge in [0.15, 0.2) is 0 Å². The molecule has 11 heteroatoms. The van der Waals surface area contributed by atoms with Crippen LogP contribution in [0.15, 0.2) is 48.5 Å². The number of piperidine rings is 1. The lowest BCUT2D eigenvalue weighted by Gasteiger charge is -2.27. The molecule has 2 aliphatic heterocycles. The molecular weight excluding hydrogens is 458 g/mol. The van der Waals surface area contributed by atoms with Crippen molar-refractivity contribution < 1.29 is 38.2 Å². The minimum absolute atomic E-state index is 0.00146. The van der Waals surface area contributed by atoms with Crippen LogP contribution in [0.2, 0.25) is 0 Å². The van der Waals surface area contributed by atoms with Gasteiger partial charge in [-0.3, -0.25) is 34.2 Å². The van der Waals surface area contributed by atoms with Crippen LogP contribution in [0.4, 0.5) is 5.69 Å². The fourth-order valence-corrected chi connectivity index (χ4v) is 3.81. The number of esters is 1. The topological polar surface area (TPSA) is 148 Å². The van der Waals surface area contributed by atoms with E-state index in [0.717, 1.165) is 10.5 Å². The van der Waals surface area contributed by atoms with Gasteiger partial charge in [0.1, 0.15) is 25.9 Å². The summed E-state index contributed by atoms with van der Waals surface area (Å²) in [5, 5.41) is 4.62. The molecule has 0 radical (unpaired) electrons. The molecule has 1 unspecified atom stereocenters. The Hall–Kier alpha value is -4.38. The number of imide groups is 2. The Bertz CT molecular complexity index is 1210. The number of hydrogen-bond acceptors (Lipinski definition) is 8. The number of ether oxygens (including phenoxy) is 2. The Kier molecular flexibility index (Phi) is 6.97. The molecule has 0 aliphatic carbocycles. The lowest BCUT2D eigenvalue weighted by atomic mass is 10.0. The lowest BCUT2D eigenvalue weighted by molar-refractivity contribution is -0.150. The van der Waals surface area contributed by atoms with E-state index in [4.69, 9.17) is 9.47 Å². The predicted molar refractivity (Wildman–Crippen MR) is 119 cm³/mol. The molecule has 0 bridgehead atoms. The number of fused-ring (bicyclic) bond motifs is 1. The summed E-state index contributed by atoms with van der Waals surface area (Å²) in [6.45, 7) is -0.873. The van der Waals surface area contributed by atoms with Crippen molar-refractivity contribution in [2.75, 3.05) is 18.5 Å². The SMILES string of the molecule is O=C1CCC(N2C(=O)c3cccc(NC(=O)COCC(=O)OCc4ccccc4)c3C2=O)C(=O)N1. The van der Waals surface area contributed by atoms with E-state index in [2.05, 4.69) is 10.6 Å². The summed E-state index contributed by atoms with van der Waals surface area (Å²) in [6.07, 6.45) is 0.0184. The van der Waals surface area contributed by atoms with E-state index in [1.807, 2.05) is 18.2 Å². The third kappa shape index (κ3) is 5.25. The molecule has 0 saturated carbocycles. The van der Waals surface area contributed by atoms with Crippen molar-refractivity contribution in [3.63, 3.8) is 0 Å². The van der Waals surface area contributed by atoms with Gasteiger partial charge in [-0.05, 0) is 24.1 Å². The molecule has 0 aromatic heterocycles. The van der Waals surface area contributed by atoms with Gasteiger partial charge < -0.3 is 14.8 Å². The molecule has 180 valence electrons. The molecule has 1 atom stereocenters. The molecule has 2 aliphatic rings. The number of anilines is 1. The third-order valence-corrected chi connectivity index (χ3v) is 5.44. The monoisotopic (exact) mass is 479 g/mol. The van der Waals surface area contributed by atoms with E-state index >= 15 is 0 Å². The van der Waals surface area contributed by atoms with Crippen molar-refractivity contribution in [2.24, 2.45) is 0 Å². The minimum Gasteiger partial charge on any atom is -0.459 e. The predicted octanol–water partition coefficient (Wildman–Crippen LogP) is 0.786. The number of benzene rings is 2. The Morgan fingerprint density at radius 1 is 0.971 bits per heavy atom. The average molecular weight is 479 g/mol. The smallest absolute Gasteiger partial charge is 0.332 e. The van der Waals surface area contributed by atoms with Crippen molar-refractivity contribution in [3.8, 4) is 0 Å². The standard InChI is InChI=1S/C24H21N3O8/c28-18-10-9-17(22(31)26-18)27-23(32)15-7-4-8-16(21(15)24(27)33)25-19(29)12-34-13-20(30)35-11-14-5-2-1-3-6-14/h1-8,17H,9-13H2,(H,25,29)(H,26,28,31). The van der Waals surface area contributed by atoms with Crippen molar-refractivity contribution in [3.05, 3.63) is 65.2 Å². The van der Waals surface area contributed by atoms with Gasteiger partial charge in [-0.25, -0.2) is 4.79 Å². The molecule has 35 heavy (non-hydrogen) atoms. The highest BCUT2D eigenvalue weighted by Gasteiger charge is 2.45. The number of nitrogens with zero attached hydrogens (tertiary/aromatic N) is 1. The van der Waals surface area contributed by atoms with Gasteiger partial charge in [0.2, 0.25) is 17.7 Å². The summed E-state index contributed by atoms with van der Waals surface area (Å²) in [5.74, 6) is -3.95. The maximum absolute atomic E-state index is 13.0. The van der Waals surface area contributed by atoms with Crippen molar-refractivity contribution >= 4 is 41.2 Å². The van der Waals surface area contributed by atoms with Crippen LogP contribution in [0.25, 0.3) is 0 Å². The van der Waals surface area contributed by atoms with E-state index in [0.29, 0.717) is 0 Å². The molecule has 1 fully saturated rings. The molecule has 4 rings (SSSR count). The fraction of sp³-hybridized carbons (Fsp3) is 0.250. The number of carbonyl (C=O) groups excluding carboxylic acids is 6. The van der Waals surface area contributed by atoms with Crippen LogP contribution in [0.1, 0.15) is 39.1 Å². The summed E-state index contributed by atoms with van der Waals surface area (Å²) >= 11 is 0. The van der Waals surface area contributed by atoms with Crippen molar-refractivity contribution in [1.82, 2.24) is 10.2 Å². The molecule has 11 nitrogen and oxygen atoms in total. The average Bonchev–Trinajstić information content (AvgIpc) is 3.09. The molecule has 5 amide bonds. The van der Waals surface area contributed by atoms with E-state index in [9.17, 15) is 28.8 Å². The van der Waals surface area contributed by atoms with Gasteiger partial charge in [0.25, 0.3) is 11.8 Å². The first-order chi connectivity index (χ1) is 16.8. The number of nitrogens with one attached hydrogen (secondary N) is 2. The molecule has 2 aromatic carbocycles. The van der Waals surface area contributed by atoms with Gasteiger partial charge in [0, 0.05) is 6.42 Å². The highest BCUT2D eigenvalue weighted by molar-refractivity contribution is 6.26. The summed E-state index contributed by atoms with van der Waals surface area (Å²) in [5.41, 5.74) is 0.846. The van der Waals surface area contributed by atoms with Gasteiger partial charge in [-0.15, -0.1) is 0 Å². The number of amides is 5. The zero-order valence-electron chi connectivity index (χ0n) is 18.4. The zero-order chi connectivity index (χ0) is 24.9. The molecule has 1 saturated heterocycles. The Labute approximate surface area is 199 Å². The molecule has 2 aromatic rings. The second-order valence-electron chi connectivity index (χ2n) is 7.86. The quantitative estimate of drug-likeness (QED) is 0.417. The van der Waals surface area contributed by atoms with Crippen LogP contribution in [-0.4, -0.2) is 59.7 Å². The zero-order valence-corrected chi connectivity index (χ0v) is 18.4. The maximum atomic E-state index is 13.0. The fourth-order valence-electron chi connectivity index (χ4n) is 3.81. The van der Waals surface area contributed by atoms with Crippen LogP contribution in [0.5, 0.6) is 0 Å². The minimum atomic E-state index is -1.12. The maximum Gasteiger partial charge on any atom is 0.332 e. The second-order valence-corrected chi connectivity index (χ2v) is 7.86. The first-order valence-corrected chi connectivity index (χ1v) is 10.8. The first kappa shape index (κ1) is 23.8. The van der Waals surface area contributed by atoms with Gasteiger partial charge in [0.05, 0.1) is 16.8 Å². The van der Waals surface area contributed by atoms with Crippen LogP contribution < -0.4 is 10.6 Å². The van der Waals surface area contributed by atoms with Crippen LogP contribution in [0, 0.1) is 0 Å². The van der Waals surface area contributed by atoms with Crippen LogP contribution in [-0.2, 0) is 35.3 Å². The van der Waals surface area contributed by atoms with Crippen molar-refractivity contribution in [2.45, 2.75) is 25.5 Å². The summed E-state index contributed by atoms with van der Waals surface area (Å²) in [7, 11) is 0. The lowest BCUT2D eigenvalue weighted by Crippen LogP contribution is -2.54. The van der Waals surface area contributed by atoms with E-state index < -0.39 is 54.8 Å². The Morgan fingerprint density at radius 3 is 2.49 bits per heavy atom. The summed E-state index contributed by atoms with van der Waals surface area (Å²) < 4.78 is 10.2. The molecule has 0 spiro atoms. The van der Waals surface area contributed by atoms with E-state index in [1.54, 1.807) is 12.1 Å². The van der Waals surface area contributed by atoms with Gasteiger partial charge in [-0.1, -0.05) is 36.4 Å². The molecule has 2 heterocycles. The van der Waals surface area contributed by atoms with Crippen LogP contribution in [0.3, 0.4) is 0 Å². The first-order valence-electron chi connectivity index (χ1n) is 10.8. The highest BCUT2D eigenvalue weighted by atomic mass is 16.6. The van der Waals surface area contributed by atoms with E-state index in [-0.39, 0.29) is 36.3 Å². The summed E-state index contributed by atoms with van der Waals surface area (Å²) in [4.78, 5) is 74.4. The summed E-state index contributed by atoms with van der Waals surface area (Å²) in [6, 6.07) is 12.3. The van der Waals surface area contributed by atoms with Crippen LogP contribution >= 0.6 is 0 Å². The Morgan fingerprint density at radius 2 is 1.74 bits per heavy atom. The number of carbonyl (C=O) groups is 6. The molecule has 2 N–H and O–H groups in total. The van der Waals surface area contributed by atoms with Gasteiger partial charge in [-0.2, -0.15) is 0 Å². The second kappa shape index (κ2) is 10.3.